The van der Waals surface area contributed by atoms with Gasteiger partial charge in [-0.25, -0.2) is 0 Å². The first-order chi connectivity index (χ1) is 4.41. The molecule has 0 aromatic heterocycles. The van der Waals surface area contributed by atoms with Crippen molar-refractivity contribution in [3.05, 3.63) is 0 Å². The Hall–Kier alpha value is 1.40. The predicted molar refractivity (Wildman–Crippen MR) is 58.5 cm³/mol. The van der Waals surface area contributed by atoms with Gasteiger partial charge in [-0.2, -0.15) is 0 Å². The second-order valence-electron chi connectivity index (χ2n) is 3.13. The van der Waals surface area contributed by atoms with E-state index in [1.54, 1.807) is 0 Å². The first-order valence-electron chi connectivity index (χ1n) is 3.15. The van der Waals surface area contributed by atoms with Gasteiger partial charge >= 0.3 is 0 Å². The van der Waals surface area contributed by atoms with Crippen molar-refractivity contribution in [2.75, 3.05) is 0 Å². The van der Waals surface area contributed by atoms with Crippen LogP contribution in [0.4, 0.5) is 0 Å². The smallest absolute Gasteiger partial charge is 0.0745 e. The molecule has 1 heterocycles. The molecule has 0 unspecified atom stereocenters. The molecule has 0 atom stereocenters. The molecule has 1 rings (SSSR count). The summed E-state index contributed by atoms with van der Waals surface area (Å²) < 4.78 is 0.787. The first-order valence-corrected chi connectivity index (χ1v) is 7.45. The summed E-state index contributed by atoms with van der Waals surface area (Å²) in [5.74, 6) is 0. The SMILES string of the molecule is CC1(C)SSC(C)(C)SS1. The predicted octanol–water partition coefficient (Wildman–Crippen LogP) is 4.24. The van der Waals surface area contributed by atoms with Crippen LogP contribution in [0.25, 0.3) is 0 Å². The van der Waals surface area contributed by atoms with Crippen LogP contribution >= 0.6 is 43.2 Å². The molecule has 1 aliphatic heterocycles. The highest BCUT2D eigenvalue weighted by Crippen LogP contribution is 2.64. The Morgan fingerprint density at radius 3 is 1.00 bits per heavy atom. The number of hydrogen-bond acceptors (Lipinski definition) is 4. The summed E-state index contributed by atoms with van der Waals surface area (Å²) in [5.41, 5.74) is 0. The molecule has 0 radical (unpaired) electrons. The fourth-order valence-corrected chi connectivity index (χ4v) is 7.09. The van der Waals surface area contributed by atoms with Crippen molar-refractivity contribution in [2.45, 2.75) is 35.9 Å². The lowest BCUT2D eigenvalue weighted by molar-refractivity contribution is 1.02. The fourth-order valence-electron chi connectivity index (χ4n) is 0.429. The van der Waals surface area contributed by atoms with Crippen LogP contribution in [0, 0.1) is 0 Å². The van der Waals surface area contributed by atoms with Gasteiger partial charge in [0.1, 0.15) is 0 Å². The van der Waals surface area contributed by atoms with Crippen LogP contribution in [0.2, 0.25) is 0 Å². The maximum atomic E-state index is 2.28. The van der Waals surface area contributed by atoms with E-state index >= 15 is 0 Å². The maximum absolute atomic E-state index is 2.28. The van der Waals surface area contributed by atoms with E-state index in [1.807, 2.05) is 43.2 Å². The average molecular weight is 212 g/mol. The molecular weight excluding hydrogens is 200 g/mol. The van der Waals surface area contributed by atoms with Crippen LogP contribution in [-0.4, -0.2) is 8.16 Å². The molecule has 0 spiro atoms. The molecule has 1 aliphatic rings. The molecule has 0 bridgehead atoms. The highest BCUT2D eigenvalue weighted by Gasteiger charge is 2.34. The standard InChI is InChI=1S/C6H12S4/c1-5(2)7-9-6(3,4)10-8-5/h1-4H3. The summed E-state index contributed by atoms with van der Waals surface area (Å²) >= 11 is 0. The van der Waals surface area contributed by atoms with E-state index in [-0.39, 0.29) is 0 Å². The first kappa shape index (κ1) is 9.49. The Bertz CT molecular complexity index is 102. The van der Waals surface area contributed by atoms with Crippen molar-refractivity contribution in [2.24, 2.45) is 0 Å². The van der Waals surface area contributed by atoms with Crippen molar-refractivity contribution in [3.63, 3.8) is 0 Å². The summed E-state index contributed by atoms with van der Waals surface area (Å²) in [6, 6.07) is 0. The van der Waals surface area contributed by atoms with Gasteiger partial charge in [-0.3, -0.25) is 0 Å². The van der Waals surface area contributed by atoms with Crippen molar-refractivity contribution in [1.29, 1.82) is 0 Å². The molecule has 0 aromatic carbocycles. The molecule has 0 amide bonds. The summed E-state index contributed by atoms with van der Waals surface area (Å²) in [4.78, 5) is 0. The van der Waals surface area contributed by atoms with Gasteiger partial charge in [0.15, 0.2) is 0 Å². The molecule has 4 heteroatoms. The van der Waals surface area contributed by atoms with Gasteiger partial charge in [-0.1, -0.05) is 43.2 Å². The van der Waals surface area contributed by atoms with Gasteiger partial charge < -0.3 is 0 Å². The van der Waals surface area contributed by atoms with Crippen LogP contribution in [0.1, 0.15) is 27.7 Å². The highest BCUT2D eigenvalue weighted by atomic mass is 33.2. The monoisotopic (exact) mass is 212 g/mol. The topological polar surface area (TPSA) is 0 Å². The maximum Gasteiger partial charge on any atom is 0.0762 e. The Morgan fingerprint density at radius 1 is 0.600 bits per heavy atom. The zero-order valence-electron chi connectivity index (χ0n) is 6.63. The zero-order chi connectivity index (χ0) is 7.83. The van der Waals surface area contributed by atoms with Crippen molar-refractivity contribution < 1.29 is 0 Å². The van der Waals surface area contributed by atoms with Crippen molar-refractivity contribution in [3.8, 4) is 0 Å². The van der Waals surface area contributed by atoms with Gasteiger partial charge in [-0.15, -0.1) is 0 Å². The molecule has 0 aromatic rings. The lowest BCUT2D eigenvalue weighted by atomic mass is 10.5. The molecule has 1 saturated heterocycles. The lowest BCUT2D eigenvalue weighted by Crippen LogP contribution is -2.17. The van der Waals surface area contributed by atoms with Gasteiger partial charge in [-0.05, 0) is 27.7 Å². The van der Waals surface area contributed by atoms with Crippen LogP contribution in [0.3, 0.4) is 0 Å². The van der Waals surface area contributed by atoms with Crippen molar-refractivity contribution in [1.82, 2.24) is 0 Å². The minimum atomic E-state index is 0.394. The van der Waals surface area contributed by atoms with Crippen LogP contribution < -0.4 is 0 Å². The van der Waals surface area contributed by atoms with Gasteiger partial charge in [0, 0.05) is 0 Å². The molecule has 0 aliphatic carbocycles. The summed E-state index contributed by atoms with van der Waals surface area (Å²) in [6.07, 6.45) is 0. The fraction of sp³-hybridized carbons (Fsp3) is 1.00. The molecule has 60 valence electrons. The molecule has 1 fully saturated rings. The van der Waals surface area contributed by atoms with E-state index < -0.39 is 0 Å². The van der Waals surface area contributed by atoms with Gasteiger partial charge in [0.25, 0.3) is 0 Å². The van der Waals surface area contributed by atoms with Gasteiger partial charge in [0.2, 0.25) is 0 Å². The van der Waals surface area contributed by atoms with E-state index in [0.717, 1.165) is 0 Å². The second kappa shape index (κ2) is 3.04. The molecule has 0 N–H and O–H groups in total. The normalized spacial score (nSPS) is 30.0. The second-order valence-corrected chi connectivity index (χ2v) is 10.4. The molecule has 0 saturated carbocycles. The van der Waals surface area contributed by atoms with Gasteiger partial charge in [0.05, 0.1) is 8.16 Å². The average Bonchev–Trinajstić information content (AvgIpc) is 1.79. The number of hydrogen-bond donors (Lipinski definition) is 0. The van der Waals surface area contributed by atoms with E-state index in [1.165, 1.54) is 0 Å². The quantitative estimate of drug-likeness (QED) is 0.551. The Morgan fingerprint density at radius 2 is 0.800 bits per heavy atom. The Labute approximate surface area is 78.9 Å². The minimum Gasteiger partial charge on any atom is -0.0745 e. The molecule has 10 heavy (non-hydrogen) atoms. The molecule has 0 nitrogen and oxygen atoms in total. The summed E-state index contributed by atoms with van der Waals surface area (Å²) in [5, 5.41) is 0. The largest absolute Gasteiger partial charge is 0.0762 e. The summed E-state index contributed by atoms with van der Waals surface area (Å²) in [6.45, 7) is 9.10. The van der Waals surface area contributed by atoms with E-state index in [9.17, 15) is 0 Å². The highest BCUT2D eigenvalue weighted by molar-refractivity contribution is 8.93. The Kier molecular flexibility index (Phi) is 2.88. The third kappa shape index (κ3) is 2.80. The number of rotatable bonds is 0. The van der Waals surface area contributed by atoms with E-state index in [4.69, 9.17) is 0 Å². The minimum absolute atomic E-state index is 0.394. The third-order valence-electron chi connectivity index (χ3n) is 0.886. The zero-order valence-corrected chi connectivity index (χ0v) is 9.90. The van der Waals surface area contributed by atoms with Crippen LogP contribution in [0.15, 0.2) is 0 Å². The Balaban J connectivity index is 2.46. The van der Waals surface area contributed by atoms with Crippen LogP contribution in [0.5, 0.6) is 0 Å². The molecular formula is C6H12S4. The lowest BCUT2D eigenvalue weighted by Gasteiger charge is -2.35. The van der Waals surface area contributed by atoms with E-state index in [2.05, 4.69) is 27.7 Å². The summed E-state index contributed by atoms with van der Waals surface area (Å²) in [7, 11) is 7.94. The third-order valence-corrected chi connectivity index (χ3v) is 10.4. The van der Waals surface area contributed by atoms with Crippen molar-refractivity contribution >= 4 is 43.2 Å². The van der Waals surface area contributed by atoms with Crippen LogP contribution in [-0.2, 0) is 0 Å². The van der Waals surface area contributed by atoms with E-state index in [0.29, 0.717) is 8.16 Å².